The Morgan fingerprint density at radius 2 is 1.83 bits per heavy atom. The number of hydrogen-bond acceptors (Lipinski definition) is 3. The van der Waals surface area contributed by atoms with E-state index in [0.29, 0.717) is 0 Å². The van der Waals surface area contributed by atoms with Gasteiger partial charge in [0.15, 0.2) is 0 Å². The normalized spacial score (nSPS) is 16.7. The van der Waals surface area contributed by atoms with Crippen LogP contribution in [-0.4, -0.2) is 18.8 Å². The Labute approximate surface area is 143 Å². The van der Waals surface area contributed by atoms with E-state index >= 15 is 0 Å². The van der Waals surface area contributed by atoms with Gasteiger partial charge in [0.05, 0.1) is 18.8 Å². The fraction of sp³-hybridized carbons (Fsp3) is 0.350. The third kappa shape index (κ3) is 3.23. The van der Waals surface area contributed by atoms with Crippen LogP contribution in [0.5, 0.6) is 5.75 Å². The lowest BCUT2D eigenvalue weighted by atomic mass is 10.0. The number of benzene rings is 2. The molecule has 0 fully saturated rings. The molecular formula is C20H23NO3. The van der Waals surface area contributed by atoms with Crippen LogP contribution in [0.1, 0.15) is 37.9 Å². The summed E-state index contributed by atoms with van der Waals surface area (Å²) < 4.78 is 11.0. The van der Waals surface area contributed by atoms with Crippen molar-refractivity contribution in [2.45, 2.75) is 38.8 Å². The molecular weight excluding hydrogens is 302 g/mol. The number of carbonyl (C=O) groups is 1. The number of carbonyl (C=O) groups excluding carboxylic acids is 1. The second kappa shape index (κ2) is 6.19. The molecule has 2 aromatic carbocycles. The van der Waals surface area contributed by atoms with Crippen LogP contribution in [-0.2, 0) is 11.2 Å². The maximum absolute atomic E-state index is 12.8. The first-order chi connectivity index (χ1) is 11.4. The van der Waals surface area contributed by atoms with Crippen LogP contribution < -0.4 is 9.64 Å². The summed E-state index contributed by atoms with van der Waals surface area (Å²) in [5, 5.41) is 0. The predicted molar refractivity (Wildman–Crippen MR) is 94.6 cm³/mol. The summed E-state index contributed by atoms with van der Waals surface area (Å²) in [6, 6.07) is 15.8. The molecule has 0 N–H and O–H groups in total. The summed E-state index contributed by atoms with van der Waals surface area (Å²) in [7, 11) is 1.65. The third-order valence-electron chi connectivity index (χ3n) is 4.05. The Morgan fingerprint density at radius 3 is 2.46 bits per heavy atom. The van der Waals surface area contributed by atoms with Crippen molar-refractivity contribution in [2.75, 3.05) is 12.0 Å². The van der Waals surface area contributed by atoms with Crippen LogP contribution in [0.25, 0.3) is 0 Å². The van der Waals surface area contributed by atoms with Crippen molar-refractivity contribution in [3.05, 3.63) is 59.7 Å². The second-order valence-corrected chi connectivity index (χ2v) is 6.98. The largest absolute Gasteiger partial charge is 0.497 e. The molecule has 1 aliphatic heterocycles. The molecule has 2 aromatic rings. The molecule has 1 amide bonds. The number of fused-ring (bicyclic) bond motifs is 1. The summed E-state index contributed by atoms with van der Waals surface area (Å²) in [6.07, 6.45) is 0.427. The predicted octanol–water partition coefficient (Wildman–Crippen LogP) is 4.73. The molecule has 0 saturated carbocycles. The van der Waals surface area contributed by atoms with Crippen LogP contribution in [0, 0.1) is 0 Å². The first kappa shape index (κ1) is 16.4. The van der Waals surface area contributed by atoms with Crippen LogP contribution in [0.15, 0.2) is 48.5 Å². The average molecular weight is 325 g/mol. The Morgan fingerprint density at radius 1 is 1.12 bits per heavy atom. The molecule has 0 aromatic heterocycles. The van der Waals surface area contributed by atoms with E-state index in [2.05, 4.69) is 0 Å². The fourth-order valence-corrected chi connectivity index (χ4v) is 3.03. The molecule has 0 spiro atoms. The van der Waals surface area contributed by atoms with Crippen LogP contribution in [0.4, 0.5) is 10.5 Å². The molecule has 0 saturated heterocycles. The zero-order valence-corrected chi connectivity index (χ0v) is 14.6. The van der Waals surface area contributed by atoms with Gasteiger partial charge in [0.1, 0.15) is 11.4 Å². The summed E-state index contributed by atoms with van der Waals surface area (Å²) in [6.45, 7) is 5.65. The lowest BCUT2D eigenvalue weighted by molar-refractivity contribution is 0.0569. The van der Waals surface area contributed by atoms with Gasteiger partial charge in [0.2, 0.25) is 0 Å². The summed E-state index contributed by atoms with van der Waals surface area (Å²) in [4.78, 5) is 14.6. The van der Waals surface area contributed by atoms with Gasteiger partial charge in [-0.15, -0.1) is 0 Å². The summed E-state index contributed by atoms with van der Waals surface area (Å²) >= 11 is 0. The number of methoxy groups -OCH3 is 1. The monoisotopic (exact) mass is 325 g/mol. The van der Waals surface area contributed by atoms with Crippen molar-refractivity contribution < 1.29 is 14.3 Å². The highest BCUT2D eigenvalue weighted by atomic mass is 16.6. The number of hydrogen-bond donors (Lipinski definition) is 0. The summed E-state index contributed by atoms with van der Waals surface area (Å²) in [5.74, 6) is 0.798. The van der Waals surface area contributed by atoms with E-state index in [1.807, 2.05) is 69.3 Å². The van der Waals surface area contributed by atoms with Gasteiger partial charge in [-0.2, -0.15) is 0 Å². The number of ether oxygens (including phenoxy) is 2. The minimum atomic E-state index is -0.534. The molecule has 126 valence electrons. The van der Waals surface area contributed by atoms with Gasteiger partial charge >= 0.3 is 6.09 Å². The number of rotatable bonds is 2. The van der Waals surface area contributed by atoms with E-state index < -0.39 is 5.60 Å². The van der Waals surface area contributed by atoms with E-state index in [9.17, 15) is 4.79 Å². The molecule has 4 nitrogen and oxygen atoms in total. The molecule has 0 bridgehead atoms. The zero-order chi connectivity index (χ0) is 17.3. The second-order valence-electron chi connectivity index (χ2n) is 6.98. The van der Waals surface area contributed by atoms with Crippen molar-refractivity contribution in [1.29, 1.82) is 0 Å². The highest BCUT2D eigenvalue weighted by Crippen LogP contribution is 2.42. The molecule has 1 unspecified atom stereocenters. The number of nitrogens with zero attached hydrogens (tertiary/aromatic N) is 1. The molecule has 1 heterocycles. The molecule has 0 radical (unpaired) electrons. The number of amides is 1. The zero-order valence-electron chi connectivity index (χ0n) is 14.6. The van der Waals surface area contributed by atoms with Crippen molar-refractivity contribution in [3.63, 3.8) is 0 Å². The topological polar surface area (TPSA) is 38.8 Å². The molecule has 1 atom stereocenters. The van der Waals surface area contributed by atoms with Gasteiger partial charge in [-0.3, -0.25) is 4.90 Å². The molecule has 1 aliphatic rings. The lowest BCUT2D eigenvalue weighted by Gasteiger charge is -2.29. The van der Waals surface area contributed by atoms with Crippen LogP contribution in [0.3, 0.4) is 0 Å². The fourth-order valence-electron chi connectivity index (χ4n) is 3.03. The Hall–Kier alpha value is -2.49. The van der Waals surface area contributed by atoms with E-state index in [1.54, 1.807) is 12.0 Å². The molecule has 4 heteroatoms. The van der Waals surface area contributed by atoms with Crippen molar-refractivity contribution >= 4 is 11.8 Å². The van der Waals surface area contributed by atoms with Gasteiger partial charge in [-0.05, 0) is 56.5 Å². The minimum absolute atomic E-state index is 0.0665. The van der Waals surface area contributed by atoms with Gasteiger partial charge < -0.3 is 9.47 Å². The van der Waals surface area contributed by atoms with Crippen molar-refractivity contribution in [2.24, 2.45) is 0 Å². The summed E-state index contributed by atoms with van der Waals surface area (Å²) in [5.41, 5.74) is 2.54. The third-order valence-corrected chi connectivity index (χ3v) is 4.05. The quantitative estimate of drug-likeness (QED) is 0.801. The van der Waals surface area contributed by atoms with Crippen LogP contribution in [0.2, 0.25) is 0 Å². The highest BCUT2D eigenvalue weighted by molar-refractivity contribution is 5.92. The highest BCUT2D eigenvalue weighted by Gasteiger charge is 2.37. The Bertz CT molecular complexity index is 734. The first-order valence-electron chi connectivity index (χ1n) is 8.13. The van der Waals surface area contributed by atoms with Gasteiger partial charge in [-0.1, -0.05) is 30.3 Å². The van der Waals surface area contributed by atoms with Crippen molar-refractivity contribution in [3.8, 4) is 5.75 Å². The first-order valence-corrected chi connectivity index (χ1v) is 8.13. The molecule has 0 aliphatic carbocycles. The average Bonchev–Trinajstić information content (AvgIpc) is 2.92. The minimum Gasteiger partial charge on any atom is -0.497 e. The van der Waals surface area contributed by atoms with Crippen molar-refractivity contribution in [1.82, 2.24) is 0 Å². The standard InChI is InChI=1S/C20H23NO3/c1-20(2,3)24-19(22)21-17-11-10-16(23-4)12-15(17)13-18(21)14-8-6-5-7-9-14/h5-12,18H,13H2,1-4H3. The van der Waals surface area contributed by atoms with E-state index in [4.69, 9.17) is 9.47 Å². The molecule has 3 rings (SSSR count). The van der Waals surface area contributed by atoms with Gasteiger partial charge in [-0.25, -0.2) is 4.79 Å². The Kier molecular flexibility index (Phi) is 4.22. The smallest absolute Gasteiger partial charge is 0.415 e. The van der Waals surface area contributed by atoms with Crippen LogP contribution >= 0.6 is 0 Å². The van der Waals surface area contributed by atoms with E-state index in [-0.39, 0.29) is 12.1 Å². The van der Waals surface area contributed by atoms with E-state index in [1.165, 1.54) is 0 Å². The molecule has 24 heavy (non-hydrogen) atoms. The Balaban J connectivity index is 2.01. The van der Waals surface area contributed by atoms with E-state index in [0.717, 1.165) is 29.0 Å². The lowest BCUT2D eigenvalue weighted by Crippen LogP contribution is -2.37. The number of anilines is 1. The maximum Gasteiger partial charge on any atom is 0.415 e. The maximum atomic E-state index is 12.8. The van der Waals surface area contributed by atoms with Gasteiger partial charge in [0.25, 0.3) is 0 Å². The SMILES string of the molecule is COc1ccc2c(c1)CC(c1ccccc1)N2C(=O)OC(C)(C)C. The van der Waals surface area contributed by atoms with Gasteiger partial charge in [0, 0.05) is 0 Å².